The molecule has 176 valence electrons. The number of nitrogens with zero attached hydrogens (tertiary/aromatic N) is 4. The van der Waals surface area contributed by atoms with Crippen LogP contribution >= 0.6 is 0 Å². The highest BCUT2D eigenvalue weighted by molar-refractivity contribution is 6.03. The van der Waals surface area contributed by atoms with E-state index in [2.05, 4.69) is 20.6 Å². The van der Waals surface area contributed by atoms with Crippen molar-refractivity contribution in [2.45, 2.75) is 20.4 Å². The van der Waals surface area contributed by atoms with E-state index in [1.165, 1.54) is 0 Å². The number of anilines is 1. The van der Waals surface area contributed by atoms with E-state index in [0.29, 0.717) is 51.5 Å². The molecule has 0 bridgehead atoms. The van der Waals surface area contributed by atoms with E-state index >= 15 is 0 Å². The lowest BCUT2D eigenvalue weighted by atomic mass is 10.2. The molecule has 1 amide bonds. The molecule has 0 atom stereocenters. The number of aromatic nitrogens is 4. The van der Waals surface area contributed by atoms with E-state index in [0.717, 1.165) is 0 Å². The van der Waals surface area contributed by atoms with Crippen molar-refractivity contribution in [2.24, 2.45) is 0 Å². The standard InChI is InChI=1S/C24H25N5O5/c1-14-21(23(30)25-16-9-11-17(31-3)12-10-16)27-28-29(14)13-19-15(2)34-24(26-19)18-7-6-8-20(32-4)22(18)33-5/h6-12H,13H2,1-5H3,(H,25,30). The third-order valence-corrected chi connectivity index (χ3v) is 5.37. The summed E-state index contributed by atoms with van der Waals surface area (Å²) in [5.74, 6) is 2.49. The van der Waals surface area contributed by atoms with Gasteiger partial charge in [0.15, 0.2) is 17.2 Å². The van der Waals surface area contributed by atoms with Gasteiger partial charge in [-0.15, -0.1) is 5.10 Å². The molecule has 0 saturated carbocycles. The zero-order valence-electron chi connectivity index (χ0n) is 19.6. The molecule has 0 aliphatic rings. The van der Waals surface area contributed by atoms with Crippen molar-refractivity contribution in [1.82, 2.24) is 20.0 Å². The number of para-hydroxylation sites is 1. The summed E-state index contributed by atoms with van der Waals surface area (Å²) in [5.41, 5.74) is 2.80. The Labute approximate surface area is 196 Å². The summed E-state index contributed by atoms with van der Waals surface area (Å²) < 4.78 is 23.5. The first-order valence-electron chi connectivity index (χ1n) is 10.5. The second-order valence-corrected chi connectivity index (χ2v) is 7.43. The van der Waals surface area contributed by atoms with Gasteiger partial charge in [0.1, 0.15) is 17.2 Å². The van der Waals surface area contributed by atoms with Crippen molar-refractivity contribution in [1.29, 1.82) is 0 Å². The molecule has 2 heterocycles. The third kappa shape index (κ3) is 4.42. The fraction of sp³-hybridized carbons (Fsp3) is 0.250. The van der Waals surface area contributed by atoms with Crippen LogP contribution in [-0.2, 0) is 6.54 Å². The van der Waals surface area contributed by atoms with Crippen LogP contribution in [0.2, 0.25) is 0 Å². The van der Waals surface area contributed by atoms with Crippen LogP contribution in [0.5, 0.6) is 17.2 Å². The van der Waals surface area contributed by atoms with Gasteiger partial charge in [-0.1, -0.05) is 11.3 Å². The molecule has 2 aromatic heterocycles. The lowest BCUT2D eigenvalue weighted by Crippen LogP contribution is -2.14. The number of aryl methyl sites for hydroxylation is 1. The number of hydrogen-bond acceptors (Lipinski definition) is 8. The van der Waals surface area contributed by atoms with Gasteiger partial charge < -0.3 is 23.9 Å². The van der Waals surface area contributed by atoms with Gasteiger partial charge in [0.25, 0.3) is 5.91 Å². The fourth-order valence-electron chi connectivity index (χ4n) is 3.47. The second kappa shape index (κ2) is 9.65. The number of amides is 1. The number of benzene rings is 2. The Morgan fingerprint density at radius 1 is 1.03 bits per heavy atom. The summed E-state index contributed by atoms with van der Waals surface area (Å²) in [6.07, 6.45) is 0. The average molecular weight is 463 g/mol. The maximum Gasteiger partial charge on any atom is 0.278 e. The molecular weight excluding hydrogens is 438 g/mol. The van der Waals surface area contributed by atoms with Crippen LogP contribution in [0.25, 0.3) is 11.5 Å². The van der Waals surface area contributed by atoms with E-state index in [1.54, 1.807) is 63.3 Å². The van der Waals surface area contributed by atoms with Gasteiger partial charge >= 0.3 is 0 Å². The second-order valence-electron chi connectivity index (χ2n) is 7.43. The van der Waals surface area contributed by atoms with Crippen LogP contribution in [0.4, 0.5) is 5.69 Å². The minimum absolute atomic E-state index is 0.228. The van der Waals surface area contributed by atoms with Crippen LogP contribution in [-0.4, -0.2) is 47.2 Å². The highest BCUT2D eigenvalue weighted by Crippen LogP contribution is 2.38. The van der Waals surface area contributed by atoms with Crippen LogP contribution < -0.4 is 19.5 Å². The van der Waals surface area contributed by atoms with Crippen molar-refractivity contribution in [3.8, 4) is 28.7 Å². The van der Waals surface area contributed by atoms with E-state index < -0.39 is 0 Å². The highest BCUT2D eigenvalue weighted by Gasteiger charge is 2.21. The normalized spacial score (nSPS) is 10.7. The summed E-state index contributed by atoms with van der Waals surface area (Å²) in [6.45, 7) is 3.89. The van der Waals surface area contributed by atoms with Crippen LogP contribution in [0, 0.1) is 13.8 Å². The fourth-order valence-corrected chi connectivity index (χ4v) is 3.47. The number of carbonyl (C=O) groups is 1. The maximum absolute atomic E-state index is 12.7. The third-order valence-electron chi connectivity index (χ3n) is 5.37. The molecule has 4 rings (SSSR count). The number of carbonyl (C=O) groups excluding carboxylic acids is 1. The highest BCUT2D eigenvalue weighted by atomic mass is 16.5. The number of nitrogens with one attached hydrogen (secondary N) is 1. The molecular formula is C24H25N5O5. The first-order valence-corrected chi connectivity index (χ1v) is 10.5. The zero-order valence-corrected chi connectivity index (χ0v) is 19.6. The Balaban J connectivity index is 1.54. The smallest absolute Gasteiger partial charge is 0.278 e. The monoisotopic (exact) mass is 463 g/mol. The van der Waals surface area contributed by atoms with Crippen molar-refractivity contribution < 1.29 is 23.4 Å². The van der Waals surface area contributed by atoms with Gasteiger partial charge in [-0.25, -0.2) is 9.67 Å². The summed E-state index contributed by atoms with van der Waals surface area (Å²) in [6, 6.07) is 12.5. The van der Waals surface area contributed by atoms with Gasteiger partial charge in [0.2, 0.25) is 5.89 Å². The summed E-state index contributed by atoms with van der Waals surface area (Å²) >= 11 is 0. The lowest BCUT2D eigenvalue weighted by Gasteiger charge is -2.09. The molecule has 0 unspecified atom stereocenters. The molecule has 34 heavy (non-hydrogen) atoms. The molecule has 4 aromatic rings. The summed E-state index contributed by atoms with van der Waals surface area (Å²) in [7, 11) is 4.72. The first kappa shape index (κ1) is 22.8. The number of rotatable bonds is 8. The van der Waals surface area contributed by atoms with Gasteiger partial charge in [-0.05, 0) is 50.2 Å². The van der Waals surface area contributed by atoms with Crippen molar-refractivity contribution in [3.05, 3.63) is 65.3 Å². The van der Waals surface area contributed by atoms with Gasteiger partial charge in [-0.3, -0.25) is 4.79 Å². The Kier molecular flexibility index (Phi) is 6.48. The molecule has 2 aromatic carbocycles. The minimum atomic E-state index is -0.354. The number of oxazole rings is 1. The Morgan fingerprint density at radius 2 is 1.79 bits per heavy atom. The SMILES string of the molecule is COc1ccc(NC(=O)c2nnn(Cc3nc(-c4cccc(OC)c4OC)oc3C)c2C)cc1. The number of hydrogen-bond donors (Lipinski definition) is 1. The Bertz CT molecular complexity index is 1310. The van der Waals surface area contributed by atoms with Crippen molar-refractivity contribution in [3.63, 3.8) is 0 Å². The summed E-state index contributed by atoms with van der Waals surface area (Å²) in [5, 5.41) is 11.0. The van der Waals surface area contributed by atoms with Crippen LogP contribution in [0.1, 0.15) is 27.6 Å². The zero-order chi connectivity index (χ0) is 24.2. The van der Waals surface area contributed by atoms with Crippen molar-refractivity contribution in [2.75, 3.05) is 26.6 Å². The Hall–Kier alpha value is -4.34. The maximum atomic E-state index is 12.7. The largest absolute Gasteiger partial charge is 0.497 e. The number of ether oxygens (including phenoxy) is 3. The van der Waals surface area contributed by atoms with E-state index in [1.807, 2.05) is 19.1 Å². The van der Waals surface area contributed by atoms with Crippen LogP contribution in [0.3, 0.4) is 0 Å². The van der Waals surface area contributed by atoms with Gasteiger partial charge in [0.05, 0.1) is 39.1 Å². The average Bonchev–Trinajstić information content (AvgIpc) is 3.41. The van der Waals surface area contributed by atoms with E-state index in [9.17, 15) is 4.79 Å². The molecule has 0 aliphatic carbocycles. The lowest BCUT2D eigenvalue weighted by molar-refractivity contribution is 0.102. The van der Waals surface area contributed by atoms with Crippen LogP contribution in [0.15, 0.2) is 46.9 Å². The molecule has 0 aliphatic heterocycles. The molecule has 0 radical (unpaired) electrons. The molecule has 0 fully saturated rings. The molecule has 10 heteroatoms. The summed E-state index contributed by atoms with van der Waals surface area (Å²) in [4.78, 5) is 17.4. The van der Waals surface area contributed by atoms with E-state index in [4.69, 9.17) is 18.6 Å². The predicted octanol–water partition coefficient (Wildman–Crippen LogP) is 3.88. The van der Waals surface area contributed by atoms with E-state index in [-0.39, 0.29) is 18.1 Å². The predicted molar refractivity (Wildman–Crippen MR) is 125 cm³/mol. The van der Waals surface area contributed by atoms with Gasteiger partial charge in [-0.2, -0.15) is 0 Å². The van der Waals surface area contributed by atoms with Gasteiger partial charge in [0, 0.05) is 5.69 Å². The first-order chi connectivity index (χ1) is 16.4. The minimum Gasteiger partial charge on any atom is -0.497 e. The molecule has 0 spiro atoms. The Morgan fingerprint density at radius 3 is 2.47 bits per heavy atom. The molecule has 1 N–H and O–H groups in total. The van der Waals surface area contributed by atoms with Crippen molar-refractivity contribution >= 4 is 11.6 Å². The number of methoxy groups -OCH3 is 3. The quantitative estimate of drug-likeness (QED) is 0.419. The molecule has 10 nitrogen and oxygen atoms in total. The molecule has 0 saturated heterocycles. The topological polar surface area (TPSA) is 114 Å².